The lowest BCUT2D eigenvalue weighted by Crippen LogP contribution is -2.24. The largest absolute Gasteiger partial charge is 0.465 e. The highest BCUT2D eigenvalue weighted by atomic mass is 32.1. The molecule has 10 heteroatoms. The van der Waals surface area contributed by atoms with Crippen LogP contribution in [0.25, 0.3) is 21.2 Å². The molecule has 0 N–H and O–H groups in total. The Labute approximate surface area is 196 Å². The van der Waals surface area contributed by atoms with E-state index in [2.05, 4.69) is 4.99 Å². The van der Waals surface area contributed by atoms with Crippen molar-refractivity contribution in [2.75, 3.05) is 13.2 Å². The number of ether oxygens (including phenoxy) is 2. The molecule has 0 saturated heterocycles. The van der Waals surface area contributed by atoms with Crippen molar-refractivity contribution in [2.45, 2.75) is 20.4 Å². The number of rotatable bonds is 6. The minimum absolute atomic E-state index is 0.168. The van der Waals surface area contributed by atoms with Crippen LogP contribution >= 0.6 is 11.3 Å². The number of fused-ring (bicyclic) bond motifs is 2. The SMILES string of the molecule is CCOC(=O)Cn1c(=NC(=O)c2cc3ccccc3oc2=O)sc2cc(C(=O)OCC)ccc21. The number of thiazole rings is 1. The zero-order valence-corrected chi connectivity index (χ0v) is 19.2. The van der Waals surface area contributed by atoms with Crippen LogP contribution in [0.4, 0.5) is 0 Å². The number of hydrogen-bond acceptors (Lipinski definition) is 8. The summed E-state index contributed by atoms with van der Waals surface area (Å²) in [6.45, 7) is 3.62. The number of nitrogens with zero attached hydrogens (tertiary/aromatic N) is 2. The molecule has 0 unspecified atom stereocenters. The first-order valence-corrected chi connectivity index (χ1v) is 11.3. The fraction of sp³-hybridized carbons (Fsp3) is 0.208. The summed E-state index contributed by atoms with van der Waals surface area (Å²) in [6, 6.07) is 13.1. The third-order valence-electron chi connectivity index (χ3n) is 4.86. The normalized spacial score (nSPS) is 11.6. The molecule has 0 radical (unpaired) electrons. The van der Waals surface area contributed by atoms with Gasteiger partial charge in [-0.05, 0) is 44.2 Å². The Morgan fingerprint density at radius 3 is 2.56 bits per heavy atom. The zero-order valence-electron chi connectivity index (χ0n) is 18.4. The maximum absolute atomic E-state index is 13.0. The summed E-state index contributed by atoms with van der Waals surface area (Å²) in [7, 11) is 0. The molecule has 34 heavy (non-hydrogen) atoms. The highest BCUT2D eigenvalue weighted by Crippen LogP contribution is 2.20. The average molecular weight is 480 g/mol. The van der Waals surface area contributed by atoms with E-state index in [0.29, 0.717) is 26.7 Å². The quantitative estimate of drug-likeness (QED) is 0.307. The van der Waals surface area contributed by atoms with Gasteiger partial charge in [-0.2, -0.15) is 4.99 Å². The van der Waals surface area contributed by atoms with Gasteiger partial charge in [0.2, 0.25) is 0 Å². The van der Waals surface area contributed by atoms with Gasteiger partial charge in [0.05, 0.1) is 29.0 Å². The van der Waals surface area contributed by atoms with Crippen LogP contribution in [0, 0.1) is 0 Å². The van der Waals surface area contributed by atoms with Gasteiger partial charge in [0.25, 0.3) is 5.91 Å². The van der Waals surface area contributed by atoms with E-state index in [1.165, 1.54) is 10.6 Å². The van der Waals surface area contributed by atoms with Gasteiger partial charge in [0.1, 0.15) is 17.7 Å². The van der Waals surface area contributed by atoms with Gasteiger partial charge in [0, 0.05) is 5.39 Å². The third kappa shape index (κ3) is 4.67. The van der Waals surface area contributed by atoms with E-state index in [-0.39, 0.29) is 30.1 Å². The van der Waals surface area contributed by atoms with Crippen LogP contribution in [-0.2, 0) is 20.8 Å². The number of carbonyl (C=O) groups is 3. The molecule has 174 valence electrons. The highest BCUT2D eigenvalue weighted by molar-refractivity contribution is 7.16. The molecule has 2 heterocycles. The van der Waals surface area contributed by atoms with Gasteiger partial charge in [-0.25, -0.2) is 9.59 Å². The topological polar surface area (TPSA) is 117 Å². The molecule has 0 fully saturated rings. The number of esters is 2. The number of aromatic nitrogens is 1. The van der Waals surface area contributed by atoms with Gasteiger partial charge in [-0.3, -0.25) is 9.59 Å². The molecule has 4 aromatic rings. The van der Waals surface area contributed by atoms with Crippen molar-refractivity contribution in [3.8, 4) is 0 Å². The molecule has 4 rings (SSSR count). The van der Waals surface area contributed by atoms with Crippen LogP contribution < -0.4 is 10.4 Å². The van der Waals surface area contributed by atoms with Crippen LogP contribution in [0.5, 0.6) is 0 Å². The number of para-hydroxylation sites is 1. The molecule has 0 saturated carbocycles. The Bertz CT molecular complexity index is 1540. The second-order valence-electron chi connectivity index (χ2n) is 7.08. The van der Waals surface area contributed by atoms with E-state index in [9.17, 15) is 19.2 Å². The van der Waals surface area contributed by atoms with Gasteiger partial charge in [-0.15, -0.1) is 0 Å². The van der Waals surface area contributed by atoms with E-state index < -0.39 is 23.5 Å². The van der Waals surface area contributed by atoms with Crippen molar-refractivity contribution < 1.29 is 28.3 Å². The van der Waals surface area contributed by atoms with Gasteiger partial charge in [-0.1, -0.05) is 29.5 Å². The monoisotopic (exact) mass is 480 g/mol. The second kappa shape index (κ2) is 9.84. The lowest BCUT2D eigenvalue weighted by atomic mass is 10.2. The summed E-state index contributed by atoms with van der Waals surface area (Å²) < 4.78 is 17.4. The van der Waals surface area contributed by atoms with Crippen LogP contribution in [0.2, 0.25) is 0 Å². The molecule has 0 aliphatic rings. The van der Waals surface area contributed by atoms with Gasteiger partial charge in [0.15, 0.2) is 4.80 Å². The molecule has 0 bridgehead atoms. The minimum Gasteiger partial charge on any atom is -0.465 e. The number of hydrogen-bond donors (Lipinski definition) is 0. The third-order valence-corrected chi connectivity index (χ3v) is 5.90. The smallest absolute Gasteiger partial charge is 0.349 e. The summed E-state index contributed by atoms with van der Waals surface area (Å²) in [6.07, 6.45) is 0. The van der Waals surface area contributed by atoms with Crippen LogP contribution in [-0.4, -0.2) is 35.6 Å². The number of amides is 1. The molecule has 0 atom stereocenters. The molecular weight excluding hydrogens is 460 g/mol. The van der Waals surface area contributed by atoms with Crippen molar-refractivity contribution >= 4 is 50.4 Å². The van der Waals surface area contributed by atoms with Crippen LogP contribution in [0.3, 0.4) is 0 Å². The molecule has 9 nitrogen and oxygen atoms in total. The Morgan fingerprint density at radius 2 is 1.79 bits per heavy atom. The fourth-order valence-corrected chi connectivity index (χ4v) is 4.41. The summed E-state index contributed by atoms with van der Waals surface area (Å²) in [5, 5.41) is 0.579. The second-order valence-corrected chi connectivity index (χ2v) is 8.09. The number of carbonyl (C=O) groups excluding carboxylic acids is 3. The molecule has 2 aromatic heterocycles. The van der Waals surface area contributed by atoms with Crippen molar-refractivity contribution in [3.05, 3.63) is 74.9 Å². The van der Waals surface area contributed by atoms with Crippen molar-refractivity contribution in [2.24, 2.45) is 4.99 Å². The van der Waals surface area contributed by atoms with Crippen molar-refractivity contribution in [3.63, 3.8) is 0 Å². The zero-order chi connectivity index (χ0) is 24.2. The molecule has 0 spiro atoms. The molecule has 2 aromatic carbocycles. The predicted molar refractivity (Wildman–Crippen MR) is 125 cm³/mol. The summed E-state index contributed by atoms with van der Waals surface area (Å²) in [5.41, 5.74) is 0.214. The molecule has 0 aliphatic heterocycles. The molecule has 1 amide bonds. The maximum Gasteiger partial charge on any atom is 0.349 e. The van der Waals surface area contributed by atoms with Crippen molar-refractivity contribution in [1.82, 2.24) is 4.57 Å². The summed E-state index contributed by atoms with van der Waals surface area (Å²) >= 11 is 1.09. The molecular formula is C24H20N2O7S. The Morgan fingerprint density at radius 1 is 1.03 bits per heavy atom. The van der Waals surface area contributed by atoms with E-state index in [1.807, 2.05) is 0 Å². The Hall–Kier alpha value is -4.05. The van der Waals surface area contributed by atoms with Crippen LogP contribution in [0.15, 0.2) is 62.7 Å². The summed E-state index contributed by atoms with van der Waals surface area (Å²) in [4.78, 5) is 54.0. The number of benzene rings is 2. The fourth-order valence-electron chi connectivity index (χ4n) is 3.35. The first-order valence-electron chi connectivity index (χ1n) is 10.5. The molecule has 0 aliphatic carbocycles. The lowest BCUT2D eigenvalue weighted by molar-refractivity contribution is -0.143. The standard InChI is InChI=1S/C24H20N2O7S/c1-3-31-20(27)13-26-17-10-9-15(22(29)32-4-2)12-19(17)34-24(26)25-21(28)16-11-14-7-5-6-8-18(14)33-23(16)30/h5-12H,3-4,13H2,1-2H3. The lowest BCUT2D eigenvalue weighted by Gasteiger charge is -2.06. The van der Waals surface area contributed by atoms with Gasteiger partial charge >= 0.3 is 17.6 Å². The van der Waals surface area contributed by atoms with E-state index in [1.54, 1.807) is 56.3 Å². The average Bonchev–Trinajstić information content (AvgIpc) is 3.14. The Kier molecular flexibility index (Phi) is 6.69. The van der Waals surface area contributed by atoms with Crippen molar-refractivity contribution in [1.29, 1.82) is 0 Å². The first kappa shape index (κ1) is 23.1. The van der Waals surface area contributed by atoms with E-state index in [4.69, 9.17) is 13.9 Å². The minimum atomic E-state index is -0.811. The van der Waals surface area contributed by atoms with Gasteiger partial charge < -0.3 is 18.5 Å². The van der Waals surface area contributed by atoms with Crippen LogP contribution in [0.1, 0.15) is 34.6 Å². The first-order chi connectivity index (χ1) is 16.4. The predicted octanol–water partition coefficient (Wildman–Crippen LogP) is 3.29. The Balaban J connectivity index is 1.84. The van der Waals surface area contributed by atoms with E-state index >= 15 is 0 Å². The highest BCUT2D eigenvalue weighted by Gasteiger charge is 2.17. The van der Waals surface area contributed by atoms with E-state index in [0.717, 1.165) is 11.3 Å². The maximum atomic E-state index is 13.0. The summed E-state index contributed by atoms with van der Waals surface area (Å²) in [5.74, 6) is -1.82.